The van der Waals surface area contributed by atoms with Gasteiger partial charge >= 0.3 is 6.18 Å². The van der Waals surface area contributed by atoms with E-state index in [-0.39, 0.29) is 28.8 Å². The van der Waals surface area contributed by atoms with Crippen LogP contribution in [-0.2, 0) is 11.0 Å². The first-order valence-corrected chi connectivity index (χ1v) is 10.7. The van der Waals surface area contributed by atoms with E-state index >= 15 is 0 Å². The van der Waals surface area contributed by atoms with E-state index in [0.717, 1.165) is 17.8 Å². The summed E-state index contributed by atoms with van der Waals surface area (Å²) in [5.74, 6) is -0.0875. The Morgan fingerprint density at radius 1 is 1.00 bits per heavy atom. The highest BCUT2D eigenvalue weighted by atomic mass is 19.4. The minimum atomic E-state index is -4.52. The summed E-state index contributed by atoms with van der Waals surface area (Å²) in [5, 5.41) is 5.16. The number of amides is 2. The van der Waals surface area contributed by atoms with Crippen molar-refractivity contribution in [3.63, 3.8) is 0 Å². The molecule has 2 aromatic heterocycles. The monoisotopic (exact) mass is 490 g/mol. The molecule has 0 saturated heterocycles. The highest BCUT2D eigenvalue weighted by Gasteiger charge is 2.30. The number of pyridine rings is 1. The summed E-state index contributed by atoms with van der Waals surface area (Å²) in [6, 6.07) is 17.4. The standard InChI is InChI=1S/C26H17F3N4O3/c27-26(28,29)16-5-2-6-18(13-16)31-24(34)15-4-1-8-19(12-15)36-22-10-9-20-21(14-17-7-3-11-30-17)25(35)33-23(20)32-22/h1-14,30H,(H,31,34)(H,32,33,35)/b21-14-. The second-order valence-electron chi connectivity index (χ2n) is 7.85. The lowest BCUT2D eigenvalue weighted by Crippen LogP contribution is -2.13. The molecule has 0 bridgehead atoms. The van der Waals surface area contributed by atoms with E-state index in [1.54, 1.807) is 36.5 Å². The second-order valence-corrected chi connectivity index (χ2v) is 7.85. The van der Waals surface area contributed by atoms with Gasteiger partial charge in [-0.2, -0.15) is 18.2 Å². The molecule has 0 atom stereocenters. The number of nitrogens with zero attached hydrogens (tertiary/aromatic N) is 1. The predicted octanol–water partition coefficient (Wildman–Crippen LogP) is 5.97. The SMILES string of the molecule is O=C1Nc2nc(Oc3cccc(C(=O)Nc4cccc(C(F)(F)F)c4)c3)ccc2/C1=C/c1ccc[nH]1. The van der Waals surface area contributed by atoms with Gasteiger partial charge in [-0.05, 0) is 60.7 Å². The Morgan fingerprint density at radius 2 is 1.83 bits per heavy atom. The smallest absolute Gasteiger partial charge is 0.416 e. The summed E-state index contributed by atoms with van der Waals surface area (Å²) in [7, 11) is 0. The average molecular weight is 490 g/mol. The van der Waals surface area contributed by atoms with Crippen LogP contribution in [0, 0.1) is 0 Å². The quantitative estimate of drug-likeness (QED) is 0.301. The zero-order chi connectivity index (χ0) is 25.3. The van der Waals surface area contributed by atoms with Crippen molar-refractivity contribution < 1.29 is 27.5 Å². The largest absolute Gasteiger partial charge is 0.439 e. The number of aromatic nitrogens is 2. The molecule has 2 aromatic carbocycles. The van der Waals surface area contributed by atoms with Crippen LogP contribution in [0.25, 0.3) is 11.6 Å². The van der Waals surface area contributed by atoms with Crippen molar-refractivity contribution >= 4 is 35.0 Å². The summed E-state index contributed by atoms with van der Waals surface area (Å²) < 4.78 is 44.6. The highest BCUT2D eigenvalue weighted by Crippen LogP contribution is 2.34. The topological polar surface area (TPSA) is 96.1 Å². The van der Waals surface area contributed by atoms with E-state index in [2.05, 4.69) is 20.6 Å². The van der Waals surface area contributed by atoms with Crippen molar-refractivity contribution in [2.75, 3.05) is 10.6 Å². The Labute approximate surface area is 202 Å². The van der Waals surface area contributed by atoms with Gasteiger partial charge in [-0.3, -0.25) is 9.59 Å². The number of alkyl halides is 3. The van der Waals surface area contributed by atoms with Crippen molar-refractivity contribution in [3.05, 3.63) is 101 Å². The predicted molar refractivity (Wildman–Crippen MR) is 127 cm³/mol. The molecular formula is C26H17F3N4O3. The van der Waals surface area contributed by atoms with Crippen molar-refractivity contribution in [3.8, 4) is 11.6 Å². The van der Waals surface area contributed by atoms with E-state index in [0.29, 0.717) is 17.0 Å². The lowest BCUT2D eigenvalue weighted by Gasteiger charge is -2.11. The number of carbonyl (C=O) groups is 2. The molecule has 0 fully saturated rings. The maximum atomic E-state index is 12.9. The van der Waals surface area contributed by atoms with E-state index in [4.69, 9.17) is 4.74 Å². The van der Waals surface area contributed by atoms with Gasteiger partial charge in [0.05, 0.1) is 11.1 Å². The van der Waals surface area contributed by atoms with Crippen molar-refractivity contribution in [2.24, 2.45) is 0 Å². The molecule has 180 valence electrons. The van der Waals surface area contributed by atoms with Gasteiger partial charge in [0.25, 0.3) is 11.8 Å². The first-order valence-electron chi connectivity index (χ1n) is 10.7. The zero-order valence-corrected chi connectivity index (χ0v) is 18.4. The van der Waals surface area contributed by atoms with Crippen LogP contribution >= 0.6 is 0 Å². The van der Waals surface area contributed by atoms with Crippen molar-refractivity contribution in [1.29, 1.82) is 0 Å². The number of hydrogen-bond donors (Lipinski definition) is 3. The van der Waals surface area contributed by atoms with Gasteiger partial charge in [0.15, 0.2) is 0 Å². The summed E-state index contributed by atoms with van der Waals surface area (Å²) in [4.78, 5) is 32.4. The maximum Gasteiger partial charge on any atom is 0.416 e. The molecule has 2 amide bonds. The third kappa shape index (κ3) is 4.83. The number of ether oxygens (including phenoxy) is 1. The van der Waals surface area contributed by atoms with E-state index in [9.17, 15) is 22.8 Å². The number of anilines is 2. The van der Waals surface area contributed by atoms with Gasteiger partial charge in [-0.25, -0.2) is 0 Å². The molecular weight excluding hydrogens is 473 g/mol. The normalized spacial score (nSPS) is 13.9. The van der Waals surface area contributed by atoms with Crippen LogP contribution in [0.2, 0.25) is 0 Å². The third-order valence-electron chi connectivity index (χ3n) is 5.32. The number of halogens is 3. The lowest BCUT2D eigenvalue weighted by molar-refractivity contribution is -0.137. The molecule has 36 heavy (non-hydrogen) atoms. The molecule has 1 aliphatic rings. The first-order chi connectivity index (χ1) is 17.3. The molecule has 1 aliphatic heterocycles. The fourth-order valence-electron chi connectivity index (χ4n) is 3.64. The van der Waals surface area contributed by atoms with Gasteiger partial charge in [0.1, 0.15) is 11.6 Å². The van der Waals surface area contributed by atoms with Crippen LogP contribution < -0.4 is 15.4 Å². The van der Waals surface area contributed by atoms with Crippen LogP contribution in [0.5, 0.6) is 11.6 Å². The Kier molecular flexibility index (Phi) is 5.77. The van der Waals surface area contributed by atoms with Gasteiger partial charge < -0.3 is 20.4 Å². The number of carbonyl (C=O) groups excluding carboxylic acids is 2. The first kappa shape index (κ1) is 22.9. The van der Waals surface area contributed by atoms with Gasteiger partial charge in [0.2, 0.25) is 5.88 Å². The summed E-state index contributed by atoms with van der Waals surface area (Å²) in [6.07, 6.45) is -1.05. The molecule has 0 unspecified atom stereocenters. The van der Waals surface area contributed by atoms with E-state index < -0.39 is 17.6 Å². The van der Waals surface area contributed by atoms with Crippen LogP contribution in [0.15, 0.2) is 79.0 Å². The molecule has 0 spiro atoms. The molecule has 7 nitrogen and oxygen atoms in total. The lowest BCUT2D eigenvalue weighted by atomic mass is 10.1. The van der Waals surface area contributed by atoms with Crippen molar-refractivity contribution in [1.82, 2.24) is 9.97 Å². The van der Waals surface area contributed by atoms with Gasteiger partial charge in [0, 0.05) is 34.8 Å². The molecule has 3 N–H and O–H groups in total. The molecule has 0 saturated carbocycles. The highest BCUT2D eigenvalue weighted by molar-refractivity contribution is 6.34. The van der Waals surface area contributed by atoms with Crippen LogP contribution in [0.3, 0.4) is 0 Å². The fourth-order valence-corrected chi connectivity index (χ4v) is 3.64. The molecule has 3 heterocycles. The summed E-state index contributed by atoms with van der Waals surface area (Å²) >= 11 is 0. The molecule has 10 heteroatoms. The Bertz CT molecular complexity index is 1490. The Hall–Kier alpha value is -4.86. The third-order valence-corrected chi connectivity index (χ3v) is 5.32. The minimum Gasteiger partial charge on any atom is -0.439 e. The van der Waals surface area contributed by atoms with Gasteiger partial charge in [-0.1, -0.05) is 12.1 Å². The Balaban J connectivity index is 1.32. The fraction of sp³-hybridized carbons (Fsp3) is 0.0385. The number of rotatable bonds is 5. The maximum absolute atomic E-state index is 12.9. The number of fused-ring (bicyclic) bond motifs is 1. The van der Waals surface area contributed by atoms with Gasteiger partial charge in [-0.15, -0.1) is 0 Å². The summed E-state index contributed by atoms with van der Waals surface area (Å²) in [5.41, 5.74) is 1.18. The second kappa shape index (κ2) is 9.06. The molecule has 0 radical (unpaired) electrons. The van der Waals surface area contributed by atoms with E-state index in [1.165, 1.54) is 24.3 Å². The van der Waals surface area contributed by atoms with Crippen LogP contribution in [0.4, 0.5) is 24.7 Å². The average Bonchev–Trinajstić information content (AvgIpc) is 3.46. The number of aromatic amines is 1. The number of benzene rings is 2. The summed E-state index contributed by atoms with van der Waals surface area (Å²) in [6.45, 7) is 0. The number of hydrogen-bond acceptors (Lipinski definition) is 4. The van der Waals surface area contributed by atoms with Crippen LogP contribution in [-0.4, -0.2) is 21.8 Å². The molecule has 5 rings (SSSR count). The minimum absolute atomic E-state index is 0.0142. The number of H-pyrrole nitrogens is 1. The molecule has 4 aromatic rings. The van der Waals surface area contributed by atoms with Crippen LogP contribution in [0.1, 0.15) is 27.2 Å². The molecule has 0 aliphatic carbocycles. The number of nitrogens with one attached hydrogen (secondary N) is 3. The van der Waals surface area contributed by atoms with E-state index in [1.807, 2.05) is 12.1 Å². The zero-order valence-electron chi connectivity index (χ0n) is 18.4. The Morgan fingerprint density at radius 3 is 2.61 bits per heavy atom. The van der Waals surface area contributed by atoms with Crippen molar-refractivity contribution in [2.45, 2.75) is 6.18 Å².